The van der Waals surface area contributed by atoms with Gasteiger partial charge in [0.05, 0.1) is 13.2 Å². The number of carbonyl (C=O) groups is 1. The zero-order valence-corrected chi connectivity index (χ0v) is 21.1. The molecule has 198 valence electrons. The number of nitrogens with one attached hydrogen (secondary N) is 2. The number of halogens is 1. The van der Waals surface area contributed by atoms with E-state index in [2.05, 4.69) is 10.1 Å². The molecule has 5 atom stereocenters. The maximum Gasteiger partial charge on any atom is 0.459 e. The van der Waals surface area contributed by atoms with Gasteiger partial charge in [-0.1, -0.05) is 18.2 Å². The molecule has 1 aliphatic rings. The molecule has 0 aliphatic carbocycles. The third-order valence-corrected chi connectivity index (χ3v) is 7.19. The summed E-state index contributed by atoms with van der Waals surface area (Å²) in [6, 6.07) is 8.94. The molecule has 36 heavy (non-hydrogen) atoms. The van der Waals surface area contributed by atoms with Crippen molar-refractivity contribution in [1.82, 2.24) is 14.6 Å². The lowest BCUT2D eigenvalue weighted by Crippen LogP contribution is -2.47. The number of carbonyl (C=O) groups excluding carboxylic acids is 1. The Bertz CT molecular complexity index is 1200. The van der Waals surface area contributed by atoms with E-state index in [1.807, 2.05) is 0 Å². The number of rotatable bonds is 10. The predicted molar refractivity (Wildman–Crippen MR) is 125 cm³/mol. The minimum Gasteiger partial charge on any atom is -0.465 e. The van der Waals surface area contributed by atoms with Crippen LogP contribution in [0.1, 0.15) is 33.9 Å². The Morgan fingerprint density at radius 2 is 1.97 bits per heavy atom. The van der Waals surface area contributed by atoms with Crippen LogP contribution in [0, 0.1) is 0 Å². The number of ether oxygens (including phenoxy) is 2. The molecule has 0 spiro atoms. The van der Waals surface area contributed by atoms with Gasteiger partial charge in [-0.05, 0) is 39.8 Å². The van der Waals surface area contributed by atoms with Crippen molar-refractivity contribution in [2.24, 2.45) is 0 Å². The normalized spacial score (nSPS) is 25.8. The van der Waals surface area contributed by atoms with E-state index < -0.39 is 61.2 Å². The lowest BCUT2D eigenvalue weighted by molar-refractivity contribution is -0.149. The molecule has 12 nitrogen and oxygen atoms in total. The summed E-state index contributed by atoms with van der Waals surface area (Å²) in [5.41, 5.74) is -5.91. The molecule has 1 fully saturated rings. The Hall–Kier alpha value is -2.83. The van der Waals surface area contributed by atoms with Crippen molar-refractivity contribution >= 4 is 13.7 Å². The van der Waals surface area contributed by atoms with Crippen LogP contribution in [0.3, 0.4) is 0 Å². The number of benzene rings is 1. The first-order chi connectivity index (χ1) is 16.8. The molecule has 1 aliphatic heterocycles. The second kappa shape index (κ2) is 10.7. The summed E-state index contributed by atoms with van der Waals surface area (Å²) >= 11 is 0. The number of aromatic amines is 1. The number of H-pyrrole nitrogens is 1. The van der Waals surface area contributed by atoms with E-state index in [0.29, 0.717) is 4.57 Å². The van der Waals surface area contributed by atoms with Crippen LogP contribution in [-0.4, -0.2) is 57.3 Å². The van der Waals surface area contributed by atoms with Crippen molar-refractivity contribution in [3.8, 4) is 5.75 Å². The highest BCUT2D eigenvalue weighted by molar-refractivity contribution is 7.52. The van der Waals surface area contributed by atoms with Crippen LogP contribution >= 0.6 is 7.75 Å². The Balaban J connectivity index is 1.85. The van der Waals surface area contributed by atoms with Crippen molar-refractivity contribution in [1.29, 1.82) is 0 Å². The summed E-state index contributed by atoms with van der Waals surface area (Å²) in [4.78, 5) is 38.9. The molecule has 3 N–H and O–H groups in total. The van der Waals surface area contributed by atoms with Gasteiger partial charge in [0.1, 0.15) is 23.5 Å². The molecular weight excluding hydrogens is 500 g/mol. The van der Waals surface area contributed by atoms with Crippen LogP contribution in [0.5, 0.6) is 5.75 Å². The summed E-state index contributed by atoms with van der Waals surface area (Å²) in [7, 11) is -4.37. The smallest absolute Gasteiger partial charge is 0.459 e. The molecular formula is C22H29FN3O9P. The monoisotopic (exact) mass is 529 g/mol. The zero-order valence-electron chi connectivity index (χ0n) is 20.2. The van der Waals surface area contributed by atoms with Gasteiger partial charge in [-0.25, -0.2) is 18.3 Å². The van der Waals surface area contributed by atoms with Crippen LogP contribution in [-0.2, 0) is 23.4 Å². The molecule has 0 amide bonds. The zero-order chi connectivity index (χ0) is 26.7. The standard InChI is InChI=1S/C22H29FN3O9P/c1-5-32-19(29)21(2,3)25-36(31,35-14-9-7-6-8-10-14)33-13-15-17(28)22(4,23)18(34-15)26-16(27)11-12-24-20(26)30/h6-12,15,17-18,28H,5,13H2,1-4H3,(H,24,30)(H,25,31)/t15-,17-,18-,22-,36?/m1/s1. The molecule has 2 aromatic rings. The van der Waals surface area contributed by atoms with Crippen molar-refractivity contribution < 1.29 is 37.4 Å². The number of alkyl halides is 1. The highest BCUT2D eigenvalue weighted by atomic mass is 31.2. The van der Waals surface area contributed by atoms with Crippen LogP contribution in [0.2, 0.25) is 0 Å². The van der Waals surface area contributed by atoms with Crippen molar-refractivity contribution in [3.63, 3.8) is 0 Å². The number of hydrogen-bond acceptors (Lipinski definition) is 9. The van der Waals surface area contributed by atoms with E-state index in [1.165, 1.54) is 26.0 Å². The van der Waals surface area contributed by atoms with Crippen LogP contribution in [0.15, 0.2) is 52.2 Å². The first kappa shape index (κ1) is 27.8. The van der Waals surface area contributed by atoms with Gasteiger partial charge in [-0.2, -0.15) is 5.09 Å². The summed E-state index contributed by atoms with van der Waals surface area (Å²) in [6.07, 6.45) is -4.04. The molecule has 0 radical (unpaired) electrons. The molecule has 1 aromatic heterocycles. The van der Waals surface area contributed by atoms with E-state index in [4.69, 9.17) is 18.5 Å². The number of aliphatic hydroxyl groups is 1. The van der Waals surface area contributed by atoms with Gasteiger partial charge in [0.2, 0.25) is 0 Å². The first-order valence-electron chi connectivity index (χ1n) is 11.1. The second-order valence-corrected chi connectivity index (χ2v) is 10.4. The number of nitrogens with zero attached hydrogens (tertiary/aromatic N) is 1. The fraction of sp³-hybridized carbons (Fsp3) is 0.500. The molecule has 0 saturated carbocycles. The lowest BCUT2D eigenvalue weighted by atomic mass is 9.98. The van der Waals surface area contributed by atoms with Crippen molar-refractivity contribution in [2.75, 3.05) is 13.2 Å². The number of aliphatic hydroxyl groups excluding tert-OH is 1. The van der Waals surface area contributed by atoms with Crippen LogP contribution < -0.4 is 20.9 Å². The van der Waals surface area contributed by atoms with Crippen LogP contribution in [0.25, 0.3) is 0 Å². The largest absolute Gasteiger partial charge is 0.465 e. The minimum atomic E-state index is -4.37. The SMILES string of the molecule is CCOC(=O)C(C)(C)NP(=O)(OC[C@H]1O[C@@H](n2c(=O)cc[nH]c2=O)[C@](C)(F)[C@@H]1O)Oc1ccccc1. The minimum absolute atomic E-state index is 0.0746. The molecule has 0 bridgehead atoms. The average Bonchev–Trinajstić information content (AvgIpc) is 3.01. The van der Waals surface area contributed by atoms with E-state index in [-0.39, 0.29) is 12.4 Å². The fourth-order valence-electron chi connectivity index (χ4n) is 3.56. The highest BCUT2D eigenvalue weighted by Gasteiger charge is 2.56. The van der Waals surface area contributed by atoms with Gasteiger partial charge in [0.25, 0.3) is 5.56 Å². The Labute approximate surface area is 205 Å². The topological polar surface area (TPSA) is 158 Å². The quantitative estimate of drug-likeness (QED) is 0.305. The molecule has 2 heterocycles. The van der Waals surface area contributed by atoms with Gasteiger partial charge >= 0.3 is 19.4 Å². The molecule has 14 heteroatoms. The van der Waals surface area contributed by atoms with E-state index in [0.717, 1.165) is 19.2 Å². The van der Waals surface area contributed by atoms with Gasteiger partial charge in [0.15, 0.2) is 11.9 Å². The lowest BCUT2D eigenvalue weighted by Gasteiger charge is -2.29. The maximum absolute atomic E-state index is 15.5. The third-order valence-electron chi connectivity index (χ3n) is 5.42. The summed E-state index contributed by atoms with van der Waals surface area (Å²) < 4.78 is 51.2. The fourth-order valence-corrected chi connectivity index (χ4v) is 5.24. The third kappa shape index (κ3) is 5.93. The van der Waals surface area contributed by atoms with Gasteiger partial charge in [-0.3, -0.25) is 14.1 Å². The molecule has 3 rings (SSSR count). The highest BCUT2D eigenvalue weighted by Crippen LogP contribution is 2.48. The molecule has 1 unspecified atom stereocenters. The van der Waals surface area contributed by atoms with E-state index in [9.17, 15) is 24.1 Å². The average molecular weight is 529 g/mol. The maximum atomic E-state index is 15.5. The predicted octanol–water partition coefficient (Wildman–Crippen LogP) is 1.66. The van der Waals surface area contributed by atoms with Gasteiger partial charge in [-0.15, -0.1) is 0 Å². The number of hydrogen-bond donors (Lipinski definition) is 3. The van der Waals surface area contributed by atoms with Gasteiger partial charge < -0.3 is 24.1 Å². The Morgan fingerprint density at radius 1 is 1.31 bits per heavy atom. The van der Waals surface area contributed by atoms with Gasteiger partial charge in [0, 0.05) is 12.3 Å². The van der Waals surface area contributed by atoms with E-state index >= 15 is 4.39 Å². The summed E-state index contributed by atoms with van der Waals surface area (Å²) in [5, 5.41) is 13.1. The number of aromatic nitrogens is 2. The number of esters is 1. The summed E-state index contributed by atoms with van der Waals surface area (Å²) in [5.74, 6) is -0.599. The van der Waals surface area contributed by atoms with Crippen molar-refractivity contribution in [3.05, 3.63) is 63.4 Å². The van der Waals surface area contributed by atoms with E-state index in [1.54, 1.807) is 25.1 Å². The summed E-state index contributed by atoms with van der Waals surface area (Å²) in [6.45, 7) is 4.76. The van der Waals surface area contributed by atoms with Crippen LogP contribution in [0.4, 0.5) is 4.39 Å². The molecule has 1 aromatic carbocycles. The Kier molecular flexibility index (Phi) is 8.21. The van der Waals surface area contributed by atoms with Crippen molar-refractivity contribution in [2.45, 2.75) is 57.3 Å². The number of para-hydroxylation sites is 1. The Morgan fingerprint density at radius 3 is 2.58 bits per heavy atom. The first-order valence-corrected chi connectivity index (χ1v) is 12.6. The molecule has 1 saturated heterocycles. The second-order valence-electron chi connectivity index (χ2n) is 8.77.